The molecule has 3 rings (SSSR count). The molecule has 0 spiro atoms. The Hall–Kier alpha value is -2.26. The molecule has 1 aromatic carbocycles. The summed E-state index contributed by atoms with van der Waals surface area (Å²) in [4.78, 5) is 8.66. The summed E-state index contributed by atoms with van der Waals surface area (Å²) in [5, 5.41) is 4.77. The molecule has 0 aliphatic rings. The zero-order chi connectivity index (χ0) is 14.5. The molecule has 0 saturated heterocycles. The van der Waals surface area contributed by atoms with Crippen LogP contribution in [0.1, 0.15) is 24.1 Å². The van der Waals surface area contributed by atoms with Gasteiger partial charge in [-0.15, -0.1) is 0 Å². The predicted molar refractivity (Wildman–Crippen MR) is 86.1 cm³/mol. The van der Waals surface area contributed by atoms with Crippen LogP contribution in [0.5, 0.6) is 0 Å². The van der Waals surface area contributed by atoms with Gasteiger partial charge in [0.05, 0.1) is 5.52 Å². The normalized spacial score (nSPS) is 12.4. The topological polar surface area (TPSA) is 37.8 Å². The average Bonchev–Trinajstić information content (AvgIpc) is 2.55. The molecule has 0 fully saturated rings. The largest absolute Gasteiger partial charge is 0.310 e. The summed E-state index contributed by atoms with van der Waals surface area (Å²) < 4.78 is 0. The van der Waals surface area contributed by atoms with E-state index in [4.69, 9.17) is 0 Å². The second kappa shape index (κ2) is 6.46. The lowest BCUT2D eigenvalue weighted by molar-refractivity contribution is 0.552. The fourth-order valence-electron chi connectivity index (χ4n) is 2.70. The molecule has 1 N–H and O–H groups in total. The van der Waals surface area contributed by atoms with Crippen LogP contribution < -0.4 is 5.32 Å². The number of rotatable bonds is 5. The number of nitrogens with zero attached hydrogens (tertiary/aromatic N) is 2. The van der Waals surface area contributed by atoms with Gasteiger partial charge in [0.2, 0.25) is 0 Å². The van der Waals surface area contributed by atoms with Crippen LogP contribution in [0.4, 0.5) is 0 Å². The summed E-state index contributed by atoms with van der Waals surface area (Å²) in [5.74, 6) is 0. The second-order valence-corrected chi connectivity index (χ2v) is 5.09. The number of benzene rings is 1. The van der Waals surface area contributed by atoms with Gasteiger partial charge in [0, 0.05) is 30.0 Å². The fourth-order valence-corrected chi connectivity index (χ4v) is 2.70. The molecule has 0 aliphatic heterocycles. The van der Waals surface area contributed by atoms with E-state index in [2.05, 4.69) is 58.6 Å². The van der Waals surface area contributed by atoms with E-state index in [9.17, 15) is 0 Å². The molecule has 2 heterocycles. The summed E-state index contributed by atoms with van der Waals surface area (Å²) in [6.45, 7) is 3.07. The molecule has 3 nitrogen and oxygen atoms in total. The third-order valence-electron chi connectivity index (χ3n) is 3.68. The van der Waals surface area contributed by atoms with Crippen molar-refractivity contribution in [1.82, 2.24) is 15.3 Å². The first-order valence-corrected chi connectivity index (χ1v) is 7.34. The minimum absolute atomic E-state index is 0.260. The van der Waals surface area contributed by atoms with Gasteiger partial charge in [0.15, 0.2) is 0 Å². The van der Waals surface area contributed by atoms with Gasteiger partial charge in [0.25, 0.3) is 0 Å². The third-order valence-corrected chi connectivity index (χ3v) is 3.68. The lowest BCUT2D eigenvalue weighted by atomic mass is 9.97. The Kier molecular flexibility index (Phi) is 4.22. The highest BCUT2D eigenvalue weighted by Crippen LogP contribution is 2.25. The van der Waals surface area contributed by atoms with Crippen LogP contribution in [0.2, 0.25) is 0 Å². The maximum absolute atomic E-state index is 4.57. The molecule has 0 aliphatic carbocycles. The van der Waals surface area contributed by atoms with Crippen LogP contribution in [0.3, 0.4) is 0 Å². The van der Waals surface area contributed by atoms with Crippen LogP contribution in [0.15, 0.2) is 61.1 Å². The SMILES string of the molecule is CCNC(Cc1ccncc1)c1cccc2cccnc12. The first kappa shape index (κ1) is 13.7. The Morgan fingerprint density at radius 2 is 1.81 bits per heavy atom. The van der Waals surface area contributed by atoms with E-state index in [1.165, 1.54) is 16.5 Å². The zero-order valence-corrected chi connectivity index (χ0v) is 12.2. The number of fused-ring (bicyclic) bond motifs is 1. The molecule has 0 radical (unpaired) electrons. The van der Waals surface area contributed by atoms with Crippen LogP contribution in [0, 0.1) is 0 Å². The van der Waals surface area contributed by atoms with E-state index < -0.39 is 0 Å². The molecule has 3 heteroatoms. The molecule has 0 saturated carbocycles. The number of nitrogens with one attached hydrogen (secondary N) is 1. The van der Waals surface area contributed by atoms with Crippen molar-refractivity contribution < 1.29 is 0 Å². The van der Waals surface area contributed by atoms with Crippen molar-refractivity contribution in [1.29, 1.82) is 0 Å². The third kappa shape index (κ3) is 3.09. The summed E-state index contributed by atoms with van der Waals surface area (Å²) in [6.07, 6.45) is 6.49. The Morgan fingerprint density at radius 3 is 2.62 bits per heavy atom. The predicted octanol–water partition coefficient (Wildman–Crippen LogP) is 3.52. The van der Waals surface area contributed by atoms with Crippen molar-refractivity contribution in [3.05, 3.63) is 72.2 Å². The summed E-state index contributed by atoms with van der Waals surface area (Å²) in [7, 11) is 0. The van der Waals surface area contributed by atoms with Crippen LogP contribution in [0.25, 0.3) is 10.9 Å². The number of pyridine rings is 2. The summed E-state index contributed by atoms with van der Waals surface area (Å²) in [5.41, 5.74) is 3.62. The van der Waals surface area contributed by atoms with Crippen molar-refractivity contribution in [2.24, 2.45) is 0 Å². The smallest absolute Gasteiger partial charge is 0.0749 e. The quantitative estimate of drug-likeness (QED) is 0.775. The molecule has 106 valence electrons. The highest BCUT2D eigenvalue weighted by molar-refractivity contribution is 5.82. The van der Waals surface area contributed by atoms with E-state index >= 15 is 0 Å². The zero-order valence-electron chi connectivity index (χ0n) is 12.2. The van der Waals surface area contributed by atoms with Crippen molar-refractivity contribution in [2.75, 3.05) is 6.54 Å². The first-order valence-electron chi connectivity index (χ1n) is 7.34. The van der Waals surface area contributed by atoms with Gasteiger partial charge in [-0.3, -0.25) is 9.97 Å². The molecular formula is C18H19N3. The molecule has 0 bridgehead atoms. The first-order chi connectivity index (χ1) is 10.4. The fraction of sp³-hybridized carbons (Fsp3) is 0.222. The highest BCUT2D eigenvalue weighted by atomic mass is 14.9. The Morgan fingerprint density at radius 1 is 1.00 bits per heavy atom. The van der Waals surface area contributed by atoms with Crippen molar-refractivity contribution >= 4 is 10.9 Å². The standard InChI is InChI=1S/C18H19N3/c1-2-20-17(13-14-8-11-19-12-9-14)16-7-3-5-15-6-4-10-21-18(15)16/h3-12,17,20H,2,13H2,1H3. The van der Waals surface area contributed by atoms with Gasteiger partial charge in [-0.05, 0) is 42.3 Å². The number of aromatic nitrogens is 2. The van der Waals surface area contributed by atoms with E-state index in [0.29, 0.717) is 0 Å². The van der Waals surface area contributed by atoms with Crippen LogP contribution >= 0.6 is 0 Å². The Bertz CT molecular complexity index is 704. The summed E-state index contributed by atoms with van der Waals surface area (Å²) >= 11 is 0. The maximum atomic E-state index is 4.57. The van der Waals surface area contributed by atoms with Gasteiger partial charge in [-0.1, -0.05) is 31.2 Å². The van der Waals surface area contributed by atoms with E-state index in [-0.39, 0.29) is 6.04 Å². The van der Waals surface area contributed by atoms with Gasteiger partial charge in [-0.25, -0.2) is 0 Å². The maximum Gasteiger partial charge on any atom is 0.0749 e. The molecule has 21 heavy (non-hydrogen) atoms. The lowest BCUT2D eigenvalue weighted by Gasteiger charge is -2.19. The minimum atomic E-state index is 0.260. The molecule has 1 atom stereocenters. The Labute approximate surface area is 125 Å². The number of likely N-dealkylation sites (N-methyl/N-ethyl adjacent to an activating group) is 1. The van der Waals surface area contributed by atoms with Gasteiger partial charge in [0.1, 0.15) is 0 Å². The lowest BCUT2D eigenvalue weighted by Crippen LogP contribution is -2.23. The molecule has 1 unspecified atom stereocenters. The van der Waals surface area contributed by atoms with Crippen LogP contribution in [-0.4, -0.2) is 16.5 Å². The molecule has 3 aromatic rings. The van der Waals surface area contributed by atoms with Crippen molar-refractivity contribution in [3.63, 3.8) is 0 Å². The van der Waals surface area contributed by atoms with Gasteiger partial charge in [-0.2, -0.15) is 0 Å². The minimum Gasteiger partial charge on any atom is -0.310 e. The number of hydrogen-bond acceptors (Lipinski definition) is 3. The highest BCUT2D eigenvalue weighted by Gasteiger charge is 2.14. The van der Waals surface area contributed by atoms with Crippen molar-refractivity contribution in [3.8, 4) is 0 Å². The van der Waals surface area contributed by atoms with Gasteiger partial charge < -0.3 is 5.32 Å². The number of hydrogen-bond donors (Lipinski definition) is 1. The van der Waals surface area contributed by atoms with E-state index in [1.807, 2.05) is 24.7 Å². The monoisotopic (exact) mass is 277 g/mol. The van der Waals surface area contributed by atoms with Gasteiger partial charge >= 0.3 is 0 Å². The van der Waals surface area contributed by atoms with Crippen LogP contribution in [-0.2, 0) is 6.42 Å². The van der Waals surface area contributed by atoms with E-state index in [0.717, 1.165) is 18.5 Å². The molecular weight excluding hydrogens is 258 g/mol. The average molecular weight is 277 g/mol. The number of para-hydroxylation sites is 1. The Balaban J connectivity index is 1.99. The summed E-state index contributed by atoms with van der Waals surface area (Å²) in [6, 6.07) is 14.9. The van der Waals surface area contributed by atoms with E-state index in [1.54, 1.807) is 0 Å². The second-order valence-electron chi connectivity index (χ2n) is 5.09. The van der Waals surface area contributed by atoms with Crippen molar-refractivity contribution in [2.45, 2.75) is 19.4 Å². The molecule has 0 amide bonds. The molecule has 2 aromatic heterocycles.